The van der Waals surface area contributed by atoms with E-state index >= 15 is 0 Å². The first kappa shape index (κ1) is 18.4. The van der Waals surface area contributed by atoms with E-state index in [1.807, 2.05) is 30.3 Å². The zero-order valence-electron chi connectivity index (χ0n) is 14.7. The summed E-state index contributed by atoms with van der Waals surface area (Å²) < 4.78 is 5.74. The SMILES string of the molecule is Cc1nc(SC[C@H]2CCCCO2)c(C#N)cc1C(=O)Nc1ccccc1. The summed E-state index contributed by atoms with van der Waals surface area (Å²) in [7, 11) is 0. The largest absolute Gasteiger partial charge is 0.377 e. The second-order valence-corrected chi connectivity index (χ2v) is 7.21. The van der Waals surface area contributed by atoms with Gasteiger partial charge >= 0.3 is 0 Å². The number of pyridine rings is 1. The summed E-state index contributed by atoms with van der Waals surface area (Å²) in [5, 5.41) is 13.0. The Morgan fingerprint density at radius 1 is 1.38 bits per heavy atom. The van der Waals surface area contributed by atoms with Gasteiger partial charge in [-0.3, -0.25) is 4.79 Å². The maximum atomic E-state index is 12.5. The summed E-state index contributed by atoms with van der Waals surface area (Å²) >= 11 is 1.53. The molecule has 1 saturated heterocycles. The number of benzene rings is 1. The quantitative estimate of drug-likeness (QED) is 0.803. The number of aryl methyl sites for hydroxylation is 1. The van der Waals surface area contributed by atoms with Crippen LogP contribution in [0.5, 0.6) is 0 Å². The number of carbonyl (C=O) groups excluding carboxylic acids is 1. The highest BCUT2D eigenvalue weighted by Gasteiger charge is 2.18. The van der Waals surface area contributed by atoms with Gasteiger partial charge in [0.25, 0.3) is 5.91 Å². The van der Waals surface area contributed by atoms with Gasteiger partial charge in [-0.05, 0) is 44.4 Å². The third-order valence-corrected chi connectivity index (χ3v) is 5.38. The fourth-order valence-electron chi connectivity index (χ4n) is 2.83. The number of para-hydroxylation sites is 1. The highest BCUT2D eigenvalue weighted by Crippen LogP contribution is 2.26. The van der Waals surface area contributed by atoms with Crippen LogP contribution >= 0.6 is 11.8 Å². The second-order valence-electron chi connectivity index (χ2n) is 6.21. The Morgan fingerprint density at radius 3 is 2.88 bits per heavy atom. The van der Waals surface area contributed by atoms with Crippen molar-refractivity contribution in [1.29, 1.82) is 5.26 Å². The summed E-state index contributed by atoms with van der Waals surface area (Å²) in [6, 6.07) is 13.0. The number of ether oxygens (including phenoxy) is 1. The fourth-order valence-corrected chi connectivity index (χ4v) is 3.90. The molecule has 1 aliphatic heterocycles. The molecule has 0 spiro atoms. The van der Waals surface area contributed by atoms with Crippen molar-refractivity contribution in [1.82, 2.24) is 4.98 Å². The van der Waals surface area contributed by atoms with Crippen molar-refractivity contribution >= 4 is 23.4 Å². The van der Waals surface area contributed by atoms with Gasteiger partial charge in [0.2, 0.25) is 0 Å². The Morgan fingerprint density at radius 2 is 2.19 bits per heavy atom. The van der Waals surface area contributed by atoms with E-state index < -0.39 is 0 Å². The molecule has 3 rings (SSSR count). The van der Waals surface area contributed by atoms with Crippen LogP contribution in [0, 0.1) is 18.3 Å². The zero-order chi connectivity index (χ0) is 18.4. The first-order valence-corrected chi connectivity index (χ1v) is 9.68. The number of nitrogens with one attached hydrogen (secondary N) is 1. The number of carbonyl (C=O) groups is 1. The third-order valence-electron chi connectivity index (χ3n) is 4.25. The molecule has 0 bridgehead atoms. The minimum Gasteiger partial charge on any atom is -0.377 e. The van der Waals surface area contributed by atoms with Gasteiger partial charge in [-0.15, -0.1) is 11.8 Å². The lowest BCUT2D eigenvalue weighted by molar-refractivity contribution is 0.0315. The Hall–Kier alpha value is -2.36. The normalized spacial score (nSPS) is 16.7. The molecular weight excluding hydrogens is 346 g/mol. The summed E-state index contributed by atoms with van der Waals surface area (Å²) in [4.78, 5) is 17.0. The molecule has 5 nitrogen and oxygen atoms in total. The Balaban J connectivity index is 1.74. The standard InChI is InChI=1S/C20H21N3O2S/c1-14-18(19(24)23-16-7-3-2-4-8-16)11-15(12-21)20(22-14)26-13-17-9-5-6-10-25-17/h2-4,7-8,11,17H,5-6,9-10,13H2,1H3,(H,23,24)/t17-/m1/s1. The minimum absolute atomic E-state index is 0.212. The summed E-state index contributed by atoms with van der Waals surface area (Å²) in [6.07, 6.45) is 3.56. The molecular formula is C20H21N3O2S. The number of nitriles is 1. The molecule has 6 heteroatoms. The lowest BCUT2D eigenvalue weighted by Crippen LogP contribution is -2.21. The summed E-state index contributed by atoms with van der Waals surface area (Å²) in [6.45, 7) is 2.60. The maximum Gasteiger partial charge on any atom is 0.257 e. The molecule has 0 saturated carbocycles. The van der Waals surface area contributed by atoms with E-state index in [0.29, 0.717) is 27.5 Å². The van der Waals surface area contributed by atoms with Crippen LogP contribution in [0.3, 0.4) is 0 Å². The van der Waals surface area contributed by atoms with Crippen molar-refractivity contribution in [3.05, 3.63) is 53.2 Å². The van der Waals surface area contributed by atoms with Crippen molar-refractivity contribution in [3.8, 4) is 6.07 Å². The van der Waals surface area contributed by atoms with Crippen LogP contribution in [0.4, 0.5) is 5.69 Å². The lowest BCUT2D eigenvalue weighted by atomic mass is 10.1. The van der Waals surface area contributed by atoms with Crippen LogP contribution in [0.1, 0.15) is 40.9 Å². The van der Waals surface area contributed by atoms with Gasteiger partial charge in [-0.1, -0.05) is 18.2 Å². The van der Waals surface area contributed by atoms with E-state index in [1.165, 1.54) is 18.2 Å². The molecule has 2 aromatic rings. The smallest absolute Gasteiger partial charge is 0.257 e. The van der Waals surface area contributed by atoms with Crippen LogP contribution in [0.2, 0.25) is 0 Å². The molecule has 1 fully saturated rings. The fraction of sp³-hybridized carbons (Fsp3) is 0.350. The summed E-state index contributed by atoms with van der Waals surface area (Å²) in [5.41, 5.74) is 2.17. The van der Waals surface area contributed by atoms with E-state index in [-0.39, 0.29) is 12.0 Å². The topological polar surface area (TPSA) is 75.0 Å². The Labute approximate surface area is 157 Å². The average molecular weight is 367 g/mol. The molecule has 2 heterocycles. The van der Waals surface area contributed by atoms with Crippen LogP contribution in [-0.2, 0) is 4.74 Å². The molecule has 0 unspecified atom stereocenters. The van der Waals surface area contributed by atoms with Gasteiger partial charge in [0.15, 0.2) is 0 Å². The van der Waals surface area contributed by atoms with Gasteiger partial charge in [0, 0.05) is 18.0 Å². The number of hydrogen-bond acceptors (Lipinski definition) is 5. The van der Waals surface area contributed by atoms with Crippen molar-refractivity contribution < 1.29 is 9.53 Å². The van der Waals surface area contributed by atoms with Crippen LogP contribution < -0.4 is 5.32 Å². The number of anilines is 1. The molecule has 1 aliphatic rings. The maximum absolute atomic E-state index is 12.5. The number of nitrogens with zero attached hydrogens (tertiary/aromatic N) is 2. The number of thioether (sulfide) groups is 1. The molecule has 0 aliphatic carbocycles. The van der Waals surface area contributed by atoms with Crippen LogP contribution in [0.15, 0.2) is 41.4 Å². The Kier molecular flexibility index (Phi) is 6.26. The highest BCUT2D eigenvalue weighted by atomic mass is 32.2. The Bertz CT molecular complexity index is 812. The molecule has 0 radical (unpaired) electrons. The van der Waals surface area contributed by atoms with E-state index in [1.54, 1.807) is 13.0 Å². The molecule has 1 amide bonds. The first-order valence-electron chi connectivity index (χ1n) is 8.70. The van der Waals surface area contributed by atoms with E-state index in [2.05, 4.69) is 16.4 Å². The van der Waals surface area contributed by atoms with Gasteiger partial charge < -0.3 is 10.1 Å². The molecule has 26 heavy (non-hydrogen) atoms. The third kappa shape index (κ3) is 4.63. The first-order chi connectivity index (χ1) is 12.7. The summed E-state index contributed by atoms with van der Waals surface area (Å²) in [5.74, 6) is 0.515. The predicted molar refractivity (Wildman–Crippen MR) is 102 cm³/mol. The van der Waals surface area contributed by atoms with E-state index in [9.17, 15) is 10.1 Å². The van der Waals surface area contributed by atoms with Crippen molar-refractivity contribution in [2.75, 3.05) is 17.7 Å². The van der Waals surface area contributed by atoms with E-state index in [4.69, 9.17) is 4.74 Å². The number of hydrogen-bond donors (Lipinski definition) is 1. The molecule has 134 valence electrons. The molecule has 1 N–H and O–H groups in total. The van der Waals surface area contributed by atoms with Crippen molar-refractivity contribution in [2.45, 2.75) is 37.3 Å². The minimum atomic E-state index is -0.259. The number of aromatic nitrogens is 1. The highest BCUT2D eigenvalue weighted by molar-refractivity contribution is 7.99. The van der Waals surface area contributed by atoms with Crippen LogP contribution in [0.25, 0.3) is 0 Å². The lowest BCUT2D eigenvalue weighted by Gasteiger charge is -2.22. The average Bonchev–Trinajstić information content (AvgIpc) is 2.68. The van der Waals surface area contributed by atoms with Crippen molar-refractivity contribution in [3.63, 3.8) is 0 Å². The molecule has 1 atom stereocenters. The number of amides is 1. The van der Waals surface area contributed by atoms with Gasteiger partial charge in [-0.2, -0.15) is 5.26 Å². The van der Waals surface area contributed by atoms with Crippen LogP contribution in [-0.4, -0.2) is 29.4 Å². The monoisotopic (exact) mass is 367 g/mol. The zero-order valence-corrected chi connectivity index (χ0v) is 15.5. The predicted octanol–water partition coefficient (Wildman–Crippen LogP) is 4.18. The molecule has 1 aromatic carbocycles. The van der Waals surface area contributed by atoms with Gasteiger partial charge in [0.1, 0.15) is 11.1 Å². The second kappa shape index (κ2) is 8.84. The van der Waals surface area contributed by atoms with Crippen molar-refractivity contribution in [2.24, 2.45) is 0 Å². The van der Waals surface area contributed by atoms with E-state index in [0.717, 1.165) is 25.2 Å². The number of rotatable bonds is 5. The molecule has 1 aromatic heterocycles. The van der Waals surface area contributed by atoms with Gasteiger partial charge in [-0.25, -0.2) is 4.98 Å². The van der Waals surface area contributed by atoms with Gasteiger partial charge in [0.05, 0.1) is 22.9 Å².